The summed E-state index contributed by atoms with van der Waals surface area (Å²) in [7, 11) is 3.07. The molecule has 3 aliphatic carbocycles. The molecular weight excluding hydrogens is 592 g/mol. The second-order valence-electron chi connectivity index (χ2n) is 11.8. The first kappa shape index (κ1) is 31.3. The molecule has 2 unspecified atom stereocenters. The molecule has 6 atom stereocenters. The minimum absolute atomic E-state index is 0.0410. The van der Waals surface area contributed by atoms with Crippen molar-refractivity contribution in [2.75, 3.05) is 31.8 Å². The van der Waals surface area contributed by atoms with Crippen LogP contribution < -0.4 is 16.4 Å². The largest absolute Gasteiger partial charge is 0.507 e. The molecule has 3 amide bonds. The highest BCUT2D eigenvalue weighted by Gasteiger charge is 2.69. The number of benzene rings is 2. The van der Waals surface area contributed by atoms with Crippen molar-refractivity contribution < 1.29 is 39.0 Å². The number of hydrogen-bond acceptors (Lipinski definition) is 9. The van der Waals surface area contributed by atoms with E-state index in [2.05, 4.69) is 10.6 Å². The van der Waals surface area contributed by atoms with Crippen LogP contribution in [0.5, 0.6) is 5.75 Å². The molecule has 0 bridgehead atoms. The third kappa shape index (κ3) is 4.96. The van der Waals surface area contributed by atoms with Gasteiger partial charge in [-0.15, -0.1) is 11.6 Å². The average Bonchev–Trinajstić information content (AvgIpc) is 2.95. The molecule has 3 aliphatic rings. The standard InChI is InChI=1S/C31H33ClN4O8/c1-36(2)24-19-13-15-12-18-17(14-4-6-16(7-5-14)35-30(43)34-11-3-10-32)8-9-20(37)22(18)25(38)21(15)27(40)31(19,44)28(41)23(26(24)39)29(33)42/h4-9,15,19,21,23-24,37,44H,3,10-13H2,1-2H3,(H2,33,42)(H2,34,35,43)/t15-,19-,21?,23?,24-,31-/m1/s1. The molecule has 0 heterocycles. The number of hydrogen-bond donors (Lipinski definition) is 5. The van der Waals surface area contributed by atoms with E-state index in [1.807, 2.05) is 0 Å². The molecule has 13 heteroatoms. The van der Waals surface area contributed by atoms with Gasteiger partial charge in [0.15, 0.2) is 34.7 Å². The van der Waals surface area contributed by atoms with Crippen LogP contribution in [-0.4, -0.2) is 88.3 Å². The number of anilines is 1. The van der Waals surface area contributed by atoms with Gasteiger partial charge in [-0.25, -0.2) is 4.79 Å². The Labute approximate surface area is 257 Å². The highest BCUT2D eigenvalue weighted by Crippen LogP contribution is 2.51. The predicted molar refractivity (Wildman–Crippen MR) is 159 cm³/mol. The van der Waals surface area contributed by atoms with Crippen LogP contribution in [0.25, 0.3) is 11.1 Å². The lowest BCUT2D eigenvalue weighted by molar-refractivity contribution is -0.181. The zero-order valence-electron chi connectivity index (χ0n) is 24.1. The van der Waals surface area contributed by atoms with Crippen molar-refractivity contribution in [1.82, 2.24) is 10.2 Å². The second kappa shape index (κ2) is 11.8. The minimum atomic E-state index is -2.77. The van der Waals surface area contributed by atoms with Gasteiger partial charge < -0.3 is 26.6 Å². The van der Waals surface area contributed by atoms with Crippen molar-refractivity contribution in [3.8, 4) is 16.9 Å². The number of fused-ring (bicyclic) bond motifs is 3. The number of nitrogens with one attached hydrogen (secondary N) is 2. The summed E-state index contributed by atoms with van der Waals surface area (Å²) in [5, 5.41) is 27.9. The highest BCUT2D eigenvalue weighted by atomic mass is 35.5. The topological polar surface area (TPSA) is 196 Å². The van der Waals surface area contributed by atoms with Gasteiger partial charge in [0, 0.05) is 24.0 Å². The summed E-state index contributed by atoms with van der Waals surface area (Å²) in [6.45, 7) is 0.424. The lowest BCUT2D eigenvalue weighted by Crippen LogP contribution is -2.74. The van der Waals surface area contributed by atoms with Crippen LogP contribution in [0.3, 0.4) is 0 Å². The summed E-state index contributed by atoms with van der Waals surface area (Å²) < 4.78 is 0. The number of urea groups is 1. The van der Waals surface area contributed by atoms with E-state index < -0.39 is 64.4 Å². The minimum Gasteiger partial charge on any atom is -0.507 e. The van der Waals surface area contributed by atoms with Crippen molar-refractivity contribution in [1.29, 1.82) is 0 Å². The van der Waals surface area contributed by atoms with Gasteiger partial charge >= 0.3 is 6.03 Å². The van der Waals surface area contributed by atoms with E-state index in [4.69, 9.17) is 17.3 Å². The fourth-order valence-corrected chi connectivity index (χ4v) is 7.19. The molecule has 2 fully saturated rings. The van der Waals surface area contributed by atoms with Gasteiger partial charge in [0.1, 0.15) is 5.75 Å². The number of aliphatic hydroxyl groups is 1. The zero-order chi connectivity index (χ0) is 32.1. The number of aromatic hydroxyl groups is 1. The number of carbonyl (C=O) groups is 6. The predicted octanol–water partition coefficient (Wildman–Crippen LogP) is 1.28. The van der Waals surface area contributed by atoms with Crippen molar-refractivity contribution in [3.63, 3.8) is 0 Å². The van der Waals surface area contributed by atoms with Crippen molar-refractivity contribution in [2.24, 2.45) is 29.4 Å². The molecule has 0 saturated heterocycles. The van der Waals surface area contributed by atoms with Crippen LogP contribution >= 0.6 is 11.6 Å². The second-order valence-corrected chi connectivity index (χ2v) is 12.2. The monoisotopic (exact) mass is 624 g/mol. The number of likely N-dealkylation sites (N-methyl/N-ethyl adjacent to an activating group) is 1. The van der Waals surface area contributed by atoms with Crippen molar-refractivity contribution in [2.45, 2.75) is 30.9 Å². The Kier molecular flexibility index (Phi) is 8.36. The fraction of sp³-hybridized carbons (Fsp3) is 0.419. The number of nitrogens with two attached hydrogens (primary N) is 1. The summed E-state index contributed by atoms with van der Waals surface area (Å²) in [4.78, 5) is 80.2. The number of phenolic OH excluding ortho intramolecular Hbond substituents is 1. The van der Waals surface area contributed by atoms with Gasteiger partial charge in [-0.3, -0.25) is 28.9 Å². The quantitative estimate of drug-likeness (QED) is 0.171. The normalized spacial score (nSPS) is 27.8. The molecule has 0 aliphatic heterocycles. The first-order valence-electron chi connectivity index (χ1n) is 14.2. The molecule has 0 aromatic heterocycles. The van der Waals surface area contributed by atoms with Crippen LogP contribution in [0, 0.1) is 23.7 Å². The van der Waals surface area contributed by atoms with Gasteiger partial charge in [-0.05, 0) is 74.2 Å². The third-order valence-electron chi connectivity index (χ3n) is 8.99. The Morgan fingerprint density at radius 2 is 1.75 bits per heavy atom. The number of nitrogens with zero attached hydrogens (tertiary/aromatic N) is 1. The van der Waals surface area contributed by atoms with Crippen molar-refractivity contribution in [3.05, 3.63) is 47.5 Å². The number of alkyl halides is 1. The smallest absolute Gasteiger partial charge is 0.319 e. The van der Waals surface area contributed by atoms with Gasteiger partial charge in [-0.2, -0.15) is 0 Å². The molecular formula is C31H33ClN4O8. The number of halogens is 1. The summed E-state index contributed by atoms with van der Waals surface area (Å²) in [5.41, 5.74) is 4.80. The molecule has 6 N–H and O–H groups in total. The maximum atomic E-state index is 14.0. The highest BCUT2D eigenvalue weighted by molar-refractivity contribution is 6.32. The maximum Gasteiger partial charge on any atom is 0.319 e. The number of carbonyl (C=O) groups excluding carboxylic acids is 6. The Bertz CT molecular complexity index is 1570. The lowest BCUT2D eigenvalue weighted by Gasteiger charge is -2.52. The van der Waals surface area contributed by atoms with Gasteiger partial charge in [0.2, 0.25) is 5.91 Å². The Morgan fingerprint density at radius 3 is 2.36 bits per heavy atom. The Hall–Kier alpha value is -4.13. The average molecular weight is 625 g/mol. The van der Waals surface area contributed by atoms with Crippen molar-refractivity contribution >= 4 is 52.4 Å². The number of ketones is 4. The Morgan fingerprint density at radius 1 is 1.07 bits per heavy atom. The van der Waals surface area contributed by atoms with Crippen LogP contribution in [-0.2, 0) is 25.6 Å². The SMILES string of the molecule is CN(C)[C@H]1C(=O)C(C(N)=O)C(=O)[C@]2(O)C(=O)C3C(=O)c4c(O)ccc(-c5ccc(NC(=O)NCCCCl)cc5)c4C[C@@H]3C[C@H]12. The van der Waals surface area contributed by atoms with E-state index in [0.717, 1.165) is 0 Å². The van der Waals surface area contributed by atoms with Crippen LogP contribution in [0.1, 0.15) is 28.8 Å². The first-order valence-corrected chi connectivity index (χ1v) is 14.8. The first-order chi connectivity index (χ1) is 20.8. The van der Waals surface area contributed by atoms with Crippen LogP contribution in [0.4, 0.5) is 10.5 Å². The number of Topliss-reactive ketones (excluding diaryl/α,β-unsaturated/α-hetero) is 4. The summed E-state index contributed by atoms with van der Waals surface area (Å²) in [6.07, 6.45) is 0.724. The number of rotatable bonds is 7. The van der Waals surface area contributed by atoms with Crippen LogP contribution in [0.15, 0.2) is 36.4 Å². The van der Waals surface area contributed by atoms with E-state index in [9.17, 15) is 39.0 Å². The molecule has 5 rings (SSSR count). The Balaban J connectivity index is 1.51. The molecule has 44 heavy (non-hydrogen) atoms. The van der Waals surface area contributed by atoms with Gasteiger partial charge in [-0.1, -0.05) is 18.2 Å². The number of phenols is 1. The van der Waals surface area contributed by atoms with Gasteiger partial charge in [0.25, 0.3) is 0 Å². The molecule has 2 aromatic rings. The summed E-state index contributed by atoms with van der Waals surface area (Å²) >= 11 is 5.64. The number of primary amides is 1. The molecule has 0 radical (unpaired) electrons. The van der Waals surface area contributed by atoms with E-state index in [1.165, 1.54) is 25.1 Å². The molecule has 2 aromatic carbocycles. The van der Waals surface area contributed by atoms with Gasteiger partial charge in [0.05, 0.1) is 17.5 Å². The molecule has 232 valence electrons. The molecule has 12 nitrogen and oxygen atoms in total. The van der Waals surface area contributed by atoms with E-state index in [-0.39, 0.29) is 30.2 Å². The lowest BCUT2D eigenvalue weighted by atomic mass is 9.52. The molecule has 0 spiro atoms. The zero-order valence-corrected chi connectivity index (χ0v) is 24.9. The van der Waals surface area contributed by atoms with E-state index in [0.29, 0.717) is 41.2 Å². The maximum absolute atomic E-state index is 14.0. The third-order valence-corrected chi connectivity index (χ3v) is 9.26. The van der Waals surface area contributed by atoms with E-state index in [1.54, 1.807) is 30.3 Å². The van der Waals surface area contributed by atoms with E-state index >= 15 is 0 Å². The molecule has 2 saturated carbocycles. The fourth-order valence-electron chi connectivity index (χ4n) is 7.05. The van der Waals surface area contributed by atoms with Crippen LogP contribution in [0.2, 0.25) is 0 Å². The number of amides is 3. The summed E-state index contributed by atoms with van der Waals surface area (Å²) in [5.74, 6) is -10.5. The summed E-state index contributed by atoms with van der Waals surface area (Å²) in [6, 6.07) is 8.28.